The first-order chi connectivity index (χ1) is 11.7. The van der Waals surface area contributed by atoms with Crippen LogP contribution in [0.4, 0.5) is 0 Å². The lowest BCUT2D eigenvalue weighted by Gasteiger charge is -2.10. The molecule has 1 aromatic carbocycles. The van der Waals surface area contributed by atoms with Crippen LogP contribution < -0.4 is 9.47 Å². The largest absolute Gasteiger partial charge is 0.454 e. The number of nitrogens with zero attached hydrogens (tertiary/aromatic N) is 1. The number of hydrogen-bond donors (Lipinski definition) is 0. The van der Waals surface area contributed by atoms with Crippen molar-refractivity contribution in [1.29, 1.82) is 0 Å². The number of aromatic nitrogens is 1. The highest BCUT2D eigenvalue weighted by molar-refractivity contribution is 7.98. The van der Waals surface area contributed by atoms with E-state index in [2.05, 4.69) is 12.1 Å². The van der Waals surface area contributed by atoms with Crippen LogP contribution in [0.5, 0.6) is 11.5 Å². The molecule has 0 radical (unpaired) electrons. The summed E-state index contributed by atoms with van der Waals surface area (Å²) in [6, 6.07) is 5.86. The predicted octanol–water partition coefficient (Wildman–Crippen LogP) is 4.18. The Morgan fingerprint density at radius 1 is 1.21 bits per heavy atom. The lowest BCUT2D eigenvalue weighted by atomic mass is 10.1. The van der Waals surface area contributed by atoms with Gasteiger partial charge in [0.15, 0.2) is 17.3 Å². The Balaban J connectivity index is 1.47. The van der Waals surface area contributed by atoms with Crippen LogP contribution in [-0.2, 0) is 10.5 Å². The summed E-state index contributed by atoms with van der Waals surface area (Å²) >= 11 is 1.88. The summed E-state index contributed by atoms with van der Waals surface area (Å²) in [5.74, 6) is 4.23. The minimum Gasteiger partial charge on any atom is -0.454 e. The number of thioether (sulfide) groups is 1. The van der Waals surface area contributed by atoms with E-state index in [1.165, 1.54) is 6.42 Å². The zero-order valence-corrected chi connectivity index (χ0v) is 14.7. The number of rotatable bonds is 5. The van der Waals surface area contributed by atoms with Gasteiger partial charge in [-0.1, -0.05) is 5.16 Å². The monoisotopic (exact) mass is 347 g/mol. The van der Waals surface area contributed by atoms with Gasteiger partial charge in [-0.2, -0.15) is 11.8 Å². The maximum absolute atomic E-state index is 5.89. The number of ether oxygens (including phenoxy) is 3. The van der Waals surface area contributed by atoms with Crippen LogP contribution in [-0.4, -0.2) is 29.9 Å². The van der Waals surface area contributed by atoms with Gasteiger partial charge in [-0.3, -0.25) is 0 Å². The molecule has 5 nitrogen and oxygen atoms in total. The molecule has 0 spiro atoms. The molecule has 128 valence electrons. The van der Waals surface area contributed by atoms with Crippen LogP contribution >= 0.6 is 11.8 Å². The molecule has 6 heteroatoms. The standard InChI is InChI=1S/C18H21NO4S/c1-11-3-5-14(22-11)8-24-9-15-12(2)19-23-18(15)13-4-6-16-17(7-13)21-10-20-16/h4,6-7,11,14H,3,5,8-10H2,1-2H3. The van der Waals surface area contributed by atoms with Crippen LogP contribution in [0, 0.1) is 6.92 Å². The highest BCUT2D eigenvalue weighted by atomic mass is 32.2. The highest BCUT2D eigenvalue weighted by Gasteiger charge is 2.23. The first kappa shape index (κ1) is 15.8. The molecule has 4 rings (SSSR count). The maximum Gasteiger partial charge on any atom is 0.231 e. The topological polar surface area (TPSA) is 53.7 Å². The molecule has 2 aromatic rings. The summed E-state index contributed by atoms with van der Waals surface area (Å²) in [6.45, 7) is 4.41. The second-order valence-corrected chi connectivity index (χ2v) is 7.34. The number of fused-ring (bicyclic) bond motifs is 1. The lowest BCUT2D eigenvalue weighted by Crippen LogP contribution is -2.11. The van der Waals surface area contributed by atoms with Gasteiger partial charge >= 0.3 is 0 Å². The summed E-state index contributed by atoms with van der Waals surface area (Å²) in [5.41, 5.74) is 3.06. The lowest BCUT2D eigenvalue weighted by molar-refractivity contribution is 0.0700. The van der Waals surface area contributed by atoms with Crippen LogP contribution in [0.25, 0.3) is 11.3 Å². The van der Waals surface area contributed by atoms with Crippen molar-refractivity contribution in [1.82, 2.24) is 5.16 Å². The van der Waals surface area contributed by atoms with Crippen LogP contribution in [0.2, 0.25) is 0 Å². The van der Waals surface area contributed by atoms with Crippen LogP contribution in [0.15, 0.2) is 22.7 Å². The van der Waals surface area contributed by atoms with Gasteiger partial charge in [0.2, 0.25) is 6.79 Å². The Labute approximate surface area is 145 Å². The van der Waals surface area contributed by atoms with E-state index in [9.17, 15) is 0 Å². The van der Waals surface area contributed by atoms with E-state index in [1.807, 2.05) is 36.9 Å². The van der Waals surface area contributed by atoms with Crippen molar-refractivity contribution in [2.45, 2.75) is 44.6 Å². The Hall–Kier alpha value is -1.66. The first-order valence-electron chi connectivity index (χ1n) is 8.29. The van der Waals surface area contributed by atoms with Gasteiger partial charge in [-0.25, -0.2) is 0 Å². The molecular formula is C18H21NO4S. The normalized spacial score (nSPS) is 22.2. The average molecular weight is 347 g/mol. The van der Waals surface area contributed by atoms with Crippen molar-refractivity contribution in [3.8, 4) is 22.8 Å². The van der Waals surface area contributed by atoms with Gasteiger partial charge in [0, 0.05) is 22.6 Å². The molecule has 1 aromatic heterocycles. The average Bonchev–Trinajstić information content (AvgIpc) is 3.28. The van der Waals surface area contributed by atoms with Crippen molar-refractivity contribution >= 4 is 11.8 Å². The zero-order valence-electron chi connectivity index (χ0n) is 13.9. The molecule has 0 amide bonds. The fourth-order valence-electron chi connectivity index (χ4n) is 3.12. The molecule has 0 aliphatic carbocycles. The minimum atomic E-state index is 0.275. The number of aryl methyl sites for hydroxylation is 1. The van der Waals surface area contributed by atoms with Crippen LogP contribution in [0.3, 0.4) is 0 Å². The second kappa shape index (κ2) is 6.69. The van der Waals surface area contributed by atoms with E-state index in [-0.39, 0.29) is 6.79 Å². The van der Waals surface area contributed by atoms with Crippen LogP contribution in [0.1, 0.15) is 31.0 Å². The minimum absolute atomic E-state index is 0.275. The van der Waals surface area contributed by atoms with Gasteiger partial charge in [-0.05, 0) is 44.9 Å². The molecule has 2 aliphatic rings. The van der Waals surface area contributed by atoms with Crippen molar-refractivity contribution in [2.24, 2.45) is 0 Å². The SMILES string of the molecule is Cc1noc(-c2ccc3c(c2)OCO3)c1CSCC1CCC(C)O1. The second-order valence-electron chi connectivity index (χ2n) is 6.30. The fourth-order valence-corrected chi connectivity index (χ4v) is 4.29. The van der Waals surface area contributed by atoms with E-state index in [4.69, 9.17) is 18.7 Å². The highest BCUT2D eigenvalue weighted by Crippen LogP contribution is 2.38. The van der Waals surface area contributed by atoms with Crippen molar-refractivity contribution in [2.75, 3.05) is 12.5 Å². The molecule has 24 heavy (non-hydrogen) atoms. The maximum atomic E-state index is 5.89. The molecule has 0 saturated carbocycles. The number of benzene rings is 1. The fraction of sp³-hybridized carbons (Fsp3) is 0.500. The number of hydrogen-bond acceptors (Lipinski definition) is 6. The van der Waals surface area contributed by atoms with Crippen molar-refractivity contribution in [3.05, 3.63) is 29.5 Å². The van der Waals surface area contributed by atoms with Crippen molar-refractivity contribution < 1.29 is 18.7 Å². The van der Waals surface area contributed by atoms with Gasteiger partial charge < -0.3 is 18.7 Å². The Bertz CT molecular complexity index is 730. The third-order valence-corrected chi connectivity index (χ3v) is 5.59. The quantitative estimate of drug-likeness (QED) is 0.809. The van der Waals surface area contributed by atoms with E-state index in [0.29, 0.717) is 12.2 Å². The van der Waals surface area contributed by atoms with E-state index < -0.39 is 0 Å². The summed E-state index contributed by atoms with van der Waals surface area (Å²) in [5, 5.41) is 4.16. The first-order valence-corrected chi connectivity index (χ1v) is 9.44. The molecule has 2 unspecified atom stereocenters. The molecule has 3 heterocycles. The van der Waals surface area contributed by atoms with Gasteiger partial charge in [-0.15, -0.1) is 0 Å². The summed E-state index contributed by atoms with van der Waals surface area (Å²) in [4.78, 5) is 0. The molecule has 0 N–H and O–H groups in total. The smallest absolute Gasteiger partial charge is 0.231 e. The Morgan fingerprint density at radius 2 is 2.08 bits per heavy atom. The van der Waals surface area contributed by atoms with Gasteiger partial charge in [0.05, 0.1) is 17.9 Å². The Morgan fingerprint density at radius 3 is 2.92 bits per heavy atom. The summed E-state index contributed by atoms with van der Waals surface area (Å²) in [7, 11) is 0. The third kappa shape index (κ3) is 3.13. The zero-order chi connectivity index (χ0) is 16.5. The third-order valence-electron chi connectivity index (χ3n) is 4.49. The van der Waals surface area contributed by atoms with Gasteiger partial charge in [0.25, 0.3) is 0 Å². The summed E-state index contributed by atoms with van der Waals surface area (Å²) in [6.07, 6.45) is 3.10. The molecular weight excluding hydrogens is 326 g/mol. The summed E-state index contributed by atoms with van der Waals surface area (Å²) < 4.78 is 22.3. The molecule has 2 atom stereocenters. The van der Waals surface area contributed by atoms with Crippen molar-refractivity contribution in [3.63, 3.8) is 0 Å². The van der Waals surface area contributed by atoms with E-state index in [0.717, 1.165) is 52.0 Å². The van der Waals surface area contributed by atoms with E-state index in [1.54, 1.807) is 0 Å². The molecule has 2 aliphatic heterocycles. The van der Waals surface area contributed by atoms with Gasteiger partial charge in [0.1, 0.15) is 0 Å². The molecule has 1 fully saturated rings. The predicted molar refractivity (Wildman–Crippen MR) is 92.5 cm³/mol. The molecule has 1 saturated heterocycles. The molecule has 0 bridgehead atoms. The Kier molecular flexibility index (Phi) is 4.41. The van der Waals surface area contributed by atoms with E-state index >= 15 is 0 Å².